The molecule has 0 amide bonds. The van der Waals surface area contributed by atoms with E-state index in [9.17, 15) is 4.79 Å². The molecule has 0 fully saturated rings. The second-order valence-corrected chi connectivity index (χ2v) is 6.25. The maximum atomic E-state index is 10.8. The number of rotatable bonds is 6. The third kappa shape index (κ3) is 3.85. The lowest BCUT2D eigenvalue weighted by molar-refractivity contribution is -0.133. The molecule has 0 aliphatic rings. The van der Waals surface area contributed by atoms with E-state index in [1.807, 2.05) is 35.8 Å². The second kappa shape index (κ2) is 6.76. The number of thioether (sulfide) groups is 1. The van der Waals surface area contributed by atoms with Crippen LogP contribution in [-0.2, 0) is 11.3 Å². The number of aryl methyl sites for hydroxylation is 1. The van der Waals surface area contributed by atoms with Crippen molar-refractivity contribution >= 4 is 17.7 Å². The third-order valence-corrected chi connectivity index (χ3v) is 3.93. The molecule has 1 N–H and O–H groups in total. The Bertz CT molecular complexity index is 638. The summed E-state index contributed by atoms with van der Waals surface area (Å²) in [6.45, 7) is 7.03. The summed E-state index contributed by atoms with van der Waals surface area (Å²) in [6.07, 6.45) is 0. The van der Waals surface area contributed by atoms with Gasteiger partial charge in [0.1, 0.15) is 0 Å². The summed E-state index contributed by atoms with van der Waals surface area (Å²) in [6, 6.07) is 8.01. The van der Waals surface area contributed by atoms with Gasteiger partial charge in [-0.2, -0.15) is 0 Å². The molecule has 0 aliphatic carbocycles. The average Bonchev–Trinajstić information content (AvgIpc) is 2.79. The van der Waals surface area contributed by atoms with E-state index in [1.165, 1.54) is 11.8 Å². The summed E-state index contributed by atoms with van der Waals surface area (Å²) in [5.74, 6) is 0.364. The molecular formula is C15H19N3O2S. The number of nitrogens with zero attached hydrogens (tertiary/aromatic N) is 3. The van der Waals surface area contributed by atoms with Crippen LogP contribution in [-0.4, -0.2) is 31.6 Å². The molecule has 0 spiro atoms. The van der Waals surface area contributed by atoms with Crippen LogP contribution in [0, 0.1) is 12.8 Å². The molecule has 2 rings (SSSR count). The van der Waals surface area contributed by atoms with Crippen LogP contribution in [0.4, 0.5) is 0 Å². The van der Waals surface area contributed by atoms with Crippen molar-refractivity contribution in [2.75, 3.05) is 5.75 Å². The highest BCUT2D eigenvalue weighted by molar-refractivity contribution is 7.99. The average molecular weight is 305 g/mol. The highest BCUT2D eigenvalue weighted by Crippen LogP contribution is 2.27. The lowest BCUT2D eigenvalue weighted by Gasteiger charge is -2.13. The second-order valence-electron chi connectivity index (χ2n) is 5.31. The molecule has 1 heterocycles. The molecule has 0 unspecified atom stereocenters. The smallest absolute Gasteiger partial charge is 0.313 e. The van der Waals surface area contributed by atoms with Gasteiger partial charge in [-0.25, -0.2) is 0 Å². The zero-order chi connectivity index (χ0) is 15.4. The van der Waals surface area contributed by atoms with Crippen LogP contribution in [0.25, 0.3) is 11.4 Å². The Kier molecular flexibility index (Phi) is 5.01. The maximum absolute atomic E-state index is 10.8. The third-order valence-electron chi connectivity index (χ3n) is 2.98. The van der Waals surface area contributed by atoms with Gasteiger partial charge in [0.25, 0.3) is 0 Å². The molecule has 0 saturated heterocycles. The van der Waals surface area contributed by atoms with Gasteiger partial charge in [0.2, 0.25) is 0 Å². The van der Waals surface area contributed by atoms with Crippen LogP contribution in [0.1, 0.15) is 19.4 Å². The Morgan fingerprint density at radius 3 is 2.67 bits per heavy atom. The number of hydrogen-bond donors (Lipinski definition) is 1. The zero-order valence-electron chi connectivity index (χ0n) is 12.4. The van der Waals surface area contributed by atoms with Gasteiger partial charge in [-0.05, 0) is 18.4 Å². The summed E-state index contributed by atoms with van der Waals surface area (Å²) in [5.41, 5.74) is 2.16. The Morgan fingerprint density at radius 1 is 1.33 bits per heavy atom. The van der Waals surface area contributed by atoms with Crippen molar-refractivity contribution in [3.05, 3.63) is 29.8 Å². The minimum Gasteiger partial charge on any atom is -0.481 e. The van der Waals surface area contributed by atoms with Crippen molar-refractivity contribution in [1.29, 1.82) is 0 Å². The first kappa shape index (κ1) is 15.6. The van der Waals surface area contributed by atoms with Gasteiger partial charge in [-0.1, -0.05) is 49.9 Å². The number of carbonyl (C=O) groups is 1. The lowest BCUT2D eigenvalue weighted by Crippen LogP contribution is -2.09. The minimum absolute atomic E-state index is 0.00992. The van der Waals surface area contributed by atoms with Crippen LogP contribution < -0.4 is 0 Å². The van der Waals surface area contributed by atoms with E-state index >= 15 is 0 Å². The summed E-state index contributed by atoms with van der Waals surface area (Å²) >= 11 is 1.21. The number of carboxylic acids is 1. The molecule has 1 aromatic heterocycles. The molecule has 112 valence electrons. The largest absolute Gasteiger partial charge is 0.481 e. The molecule has 0 radical (unpaired) electrons. The van der Waals surface area contributed by atoms with Gasteiger partial charge in [0, 0.05) is 12.1 Å². The van der Waals surface area contributed by atoms with Gasteiger partial charge in [0.15, 0.2) is 11.0 Å². The van der Waals surface area contributed by atoms with Crippen LogP contribution >= 0.6 is 11.8 Å². The van der Waals surface area contributed by atoms with Crippen molar-refractivity contribution < 1.29 is 9.90 Å². The molecule has 6 heteroatoms. The number of aliphatic carboxylic acids is 1. The Balaban J connectivity index is 2.41. The van der Waals surface area contributed by atoms with Crippen molar-refractivity contribution in [2.24, 2.45) is 5.92 Å². The van der Waals surface area contributed by atoms with E-state index < -0.39 is 5.97 Å². The number of carboxylic acid groups (broad SMARTS) is 1. The highest BCUT2D eigenvalue weighted by Gasteiger charge is 2.17. The van der Waals surface area contributed by atoms with Crippen LogP contribution in [0.2, 0.25) is 0 Å². The van der Waals surface area contributed by atoms with Gasteiger partial charge in [-0.3, -0.25) is 4.79 Å². The molecule has 21 heavy (non-hydrogen) atoms. The Morgan fingerprint density at radius 2 is 2.05 bits per heavy atom. The zero-order valence-corrected chi connectivity index (χ0v) is 13.2. The Labute approximate surface area is 128 Å². The first-order valence-electron chi connectivity index (χ1n) is 6.83. The van der Waals surface area contributed by atoms with Crippen molar-refractivity contribution in [1.82, 2.24) is 14.8 Å². The van der Waals surface area contributed by atoms with E-state index in [1.54, 1.807) is 0 Å². The summed E-state index contributed by atoms with van der Waals surface area (Å²) in [4.78, 5) is 10.8. The summed E-state index contributed by atoms with van der Waals surface area (Å²) in [5, 5.41) is 17.9. The molecular weight excluding hydrogens is 286 g/mol. The predicted molar refractivity (Wildman–Crippen MR) is 83.4 cm³/mol. The van der Waals surface area contributed by atoms with E-state index in [4.69, 9.17) is 5.11 Å². The van der Waals surface area contributed by atoms with Gasteiger partial charge in [-0.15, -0.1) is 10.2 Å². The fraction of sp³-hybridized carbons (Fsp3) is 0.400. The van der Waals surface area contributed by atoms with Crippen molar-refractivity contribution in [3.63, 3.8) is 0 Å². The molecule has 0 atom stereocenters. The highest BCUT2D eigenvalue weighted by atomic mass is 32.2. The molecule has 0 aliphatic heterocycles. The lowest BCUT2D eigenvalue weighted by atomic mass is 10.1. The van der Waals surface area contributed by atoms with Crippen LogP contribution in [0.5, 0.6) is 0 Å². The molecule has 5 nitrogen and oxygen atoms in total. The van der Waals surface area contributed by atoms with Crippen molar-refractivity contribution in [3.8, 4) is 11.4 Å². The fourth-order valence-corrected chi connectivity index (χ4v) is 2.74. The first-order chi connectivity index (χ1) is 9.99. The number of aromatic nitrogens is 3. The van der Waals surface area contributed by atoms with Gasteiger partial charge in [0.05, 0.1) is 5.75 Å². The Hall–Kier alpha value is -1.82. The molecule has 0 saturated carbocycles. The van der Waals surface area contributed by atoms with E-state index in [0.717, 1.165) is 23.5 Å². The normalized spacial score (nSPS) is 11.0. The fourth-order valence-electron chi connectivity index (χ4n) is 2.07. The maximum Gasteiger partial charge on any atom is 0.313 e. The topological polar surface area (TPSA) is 68.0 Å². The molecule has 2 aromatic rings. The molecule has 1 aromatic carbocycles. The molecule has 0 bridgehead atoms. The summed E-state index contributed by atoms with van der Waals surface area (Å²) in [7, 11) is 0. The van der Waals surface area contributed by atoms with Gasteiger partial charge < -0.3 is 9.67 Å². The summed E-state index contributed by atoms with van der Waals surface area (Å²) < 4.78 is 2.01. The SMILES string of the molecule is Cc1ccccc1-c1nnc(SCC(=O)O)n1CC(C)C. The van der Waals surface area contributed by atoms with Crippen LogP contribution in [0.15, 0.2) is 29.4 Å². The van der Waals surface area contributed by atoms with Gasteiger partial charge >= 0.3 is 5.97 Å². The van der Waals surface area contributed by atoms with E-state index in [0.29, 0.717) is 11.1 Å². The van der Waals surface area contributed by atoms with E-state index in [2.05, 4.69) is 24.0 Å². The minimum atomic E-state index is -0.850. The predicted octanol–water partition coefficient (Wildman–Crippen LogP) is 3.09. The monoisotopic (exact) mass is 305 g/mol. The first-order valence-corrected chi connectivity index (χ1v) is 7.81. The number of hydrogen-bond acceptors (Lipinski definition) is 4. The number of benzene rings is 1. The quantitative estimate of drug-likeness (QED) is 0.831. The van der Waals surface area contributed by atoms with Crippen LogP contribution in [0.3, 0.4) is 0 Å². The van der Waals surface area contributed by atoms with E-state index in [-0.39, 0.29) is 5.75 Å². The van der Waals surface area contributed by atoms with Crippen molar-refractivity contribution in [2.45, 2.75) is 32.5 Å². The standard InChI is InChI=1S/C15H19N3O2S/c1-10(2)8-18-14(12-7-5-4-6-11(12)3)16-17-15(18)21-9-13(19)20/h4-7,10H,8-9H2,1-3H3,(H,19,20).